The van der Waals surface area contributed by atoms with E-state index in [1.54, 1.807) is 12.1 Å². The highest BCUT2D eigenvalue weighted by molar-refractivity contribution is 6.30. The van der Waals surface area contributed by atoms with Gasteiger partial charge in [0.1, 0.15) is 5.75 Å². The third kappa shape index (κ3) is 3.87. The van der Waals surface area contributed by atoms with Crippen LogP contribution in [0.15, 0.2) is 18.2 Å². The van der Waals surface area contributed by atoms with E-state index in [1.165, 1.54) is 12.8 Å². The lowest BCUT2D eigenvalue weighted by Gasteiger charge is -2.27. The van der Waals surface area contributed by atoms with Crippen molar-refractivity contribution in [2.24, 2.45) is 5.92 Å². The molecule has 4 heteroatoms. The molecule has 0 unspecified atom stereocenters. The molecule has 1 saturated heterocycles. The smallest absolute Gasteiger partial charge is 0.120 e. The van der Waals surface area contributed by atoms with Crippen LogP contribution in [-0.4, -0.2) is 36.7 Å². The van der Waals surface area contributed by atoms with Crippen LogP contribution in [0.5, 0.6) is 5.75 Å². The first kappa shape index (κ1) is 13.7. The molecule has 0 radical (unpaired) electrons. The average molecular weight is 269 g/mol. The highest BCUT2D eigenvalue weighted by atomic mass is 35.5. The molecular formula is C14H21ClN2O. The Kier molecular flexibility index (Phi) is 4.87. The Morgan fingerprint density at radius 1 is 1.39 bits per heavy atom. The fourth-order valence-corrected chi connectivity index (χ4v) is 2.74. The van der Waals surface area contributed by atoms with Gasteiger partial charge in [-0.2, -0.15) is 0 Å². The van der Waals surface area contributed by atoms with E-state index in [0.29, 0.717) is 10.8 Å². The van der Waals surface area contributed by atoms with Gasteiger partial charge in [0.05, 0.1) is 0 Å². The van der Waals surface area contributed by atoms with Crippen molar-refractivity contribution in [3.05, 3.63) is 28.8 Å². The Balaban J connectivity index is 1.89. The predicted molar refractivity (Wildman–Crippen MR) is 75.0 cm³/mol. The quantitative estimate of drug-likeness (QED) is 0.881. The highest BCUT2D eigenvalue weighted by Gasteiger charge is 2.15. The molecule has 0 atom stereocenters. The zero-order chi connectivity index (χ0) is 13.0. The highest BCUT2D eigenvalue weighted by Crippen LogP contribution is 2.23. The first-order valence-electron chi connectivity index (χ1n) is 6.52. The number of halogens is 1. The molecule has 1 aliphatic heterocycles. The number of hydrogen-bond acceptors (Lipinski definition) is 3. The van der Waals surface area contributed by atoms with E-state index in [9.17, 15) is 5.11 Å². The van der Waals surface area contributed by atoms with Crippen LogP contribution in [0.1, 0.15) is 18.4 Å². The van der Waals surface area contributed by atoms with Crippen LogP contribution in [0.2, 0.25) is 5.02 Å². The van der Waals surface area contributed by atoms with Crippen molar-refractivity contribution in [2.75, 3.05) is 26.7 Å². The lowest BCUT2D eigenvalue weighted by atomic mass is 9.97. The molecule has 1 aromatic carbocycles. The van der Waals surface area contributed by atoms with E-state index in [2.05, 4.69) is 17.3 Å². The van der Waals surface area contributed by atoms with Crippen LogP contribution in [-0.2, 0) is 6.54 Å². The Hall–Kier alpha value is -0.770. The molecule has 1 heterocycles. The number of benzene rings is 1. The van der Waals surface area contributed by atoms with Gasteiger partial charge in [0, 0.05) is 23.7 Å². The molecule has 0 aliphatic carbocycles. The number of hydrogen-bond donors (Lipinski definition) is 2. The number of piperidine rings is 1. The van der Waals surface area contributed by atoms with Crippen LogP contribution in [0.4, 0.5) is 0 Å². The number of phenolic OH excluding ortho intramolecular Hbond substituents is 1. The molecule has 100 valence electrons. The van der Waals surface area contributed by atoms with Crippen LogP contribution < -0.4 is 5.32 Å². The molecule has 1 aromatic rings. The number of nitrogens with one attached hydrogen (secondary N) is 1. The van der Waals surface area contributed by atoms with Crippen LogP contribution >= 0.6 is 11.6 Å². The zero-order valence-corrected chi connectivity index (χ0v) is 11.6. The molecule has 3 nitrogen and oxygen atoms in total. The first-order chi connectivity index (χ1) is 8.65. The van der Waals surface area contributed by atoms with Gasteiger partial charge in [0.25, 0.3) is 0 Å². The largest absolute Gasteiger partial charge is 0.508 e. The Labute approximate surface area is 114 Å². The summed E-state index contributed by atoms with van der Waals surface area (Å²) < 4.78 is 0. The van der Waals surface area contributed by atoms with Gasteiger partial charge in [0.2, 0.25) is 0 Å². The van der Waals surface area contributed by atoms with Crippen LogP contribution in [0, 0.1) is 5.92 Å². The molecule has 0 saturated carbocycles. The SMILES string of the molecule is CN(Cc1cc(Cl)ccc1O)CC1CCNCC1. The molecular weight excluding hydrogens is 248 g/mol. The van der Waals surface area contributed by atoms with Gasteiger partial charge in [-0.25, -0.2) is 0 Å². The number of phenols is 1. The third-order valence-electron chi connectivity index (χ3n) is 3.51. The van der Waals surface area contributed by atoms with E-state index in [4.69, 9.17) is 11.6 Å². The van der Waals surface area contributed by atoms with Gasteiger partial charge < -0.3 is 15.3 Å². The molecule has 0 amide bonds. The van der Waals surface area contributed by atoms with Crippen molar-refractivity contribution in [2.45, 2.75) is 19.4 Å². The molecule has 0 aromatic heterocycles. The topological polar surface area (TPSA) is 35.5 Å². The maximum atomic E-state index is 9.79. The summed E-state index contributed by atoms with van der Waals surface area (Å²) in [6, 6.07) is 5.22. The third-order valence-corrected chi connectivity index (χ3v) is 3.75. The minimum absolute atomic E-state index is 0.330. The van der Waals surface area contributed by atoms with Crippen molar-refractivity contribution in [3.63, 3.8) is 0 Å². The lowest BCUT2D eigenvalue weighted by Crippen LogP contribution is -2.34. The summed E-state index contributed by atoms with van der Waals surface area (Å²) >= 11 is 5.95. The van der Waals surface area contributed by atoms with Gasteiger partial charge >= 0.3 is 0 Å². The maximum absolute atomic E-state index is 9.79. The average Bonchev–Trinajstić information content (AvgIpc) is 2.35. The van der Waals surface area contributed by atoms with E-state index in [-0.39, 0.29) is 0 Å². The van der Waals surface area contributed by atoms with E-state index >= 15 is 0 Å². The summed E-state index contributed by atoms with van der Waals surface area (Å²) in [4.78, 5) is 2.27. The summed E-state index contributed by atoms with van der Waals surface area (Å²) in [5, 5.41) is 13.9. The molecule has 0 bridgehead atoms. The fourth-order valence-electron chi connectivity index (χ4n) is 2.54. The van der Waals surface area contributed by atoms with Gasteiger partial charge in [-0.3, -0.25) is 0 Å². The van der Waals surface area contributed by atoms with Crippen LogP contribution in [0.3, 0.4) is 0 Å². The summed E-state index contributed by atoms with van der Waals surface area (Å²) in [6.07, 6.45) is 2.48. The number of rotatable bonds is 4. The van der Waals surface area contributed by atoms with Crippen molar-refractivity contribution in [1.29, 1.82) is 0 Å². The summed E-state index contributed by atoms with van der Waals surface area (Å²) in [5.74, 6) is 1.09. The standard InChI is InChI=1S/C14H21ClN2O/c1-17(9-11-4-6-16-7-5-11)10-12-8-13(15)2-3-14(12)18/h2-3,8,11,16,18H,4-7,9-10H2,1H3. The van der Waals surface area contributed by atoms with E-state index in [0.717, 1.165) is 37.7 Å². The molecule has 2 rings (SSSR count). The van der Waals surface area contributed by atoms with Gasteiger partial charge in [-0.05, 0) is 57.1 Å². The van der Waals surface area contributed by atoms with Crippen LogP contribution in [0.25, 0.3) is 0 Å². The fraction of sp³-hybridized carbons (Fsp3) is 0.571. The van der Waals surface area contributed by atoms with Crippen molar-refractivity contribution in [3.8, 4) is 5.75 Å². The van der Waals surface area contributed by atoms with Crippen molar-refractivity contribution in [1.82, 2.24) is 10.2 Å². The Morgan fingerprint density at radius 3 is 2.83 bits per heavy atom. The second-order valence-electron chi connectivity index (χ2n) is 5.16. The summed E-state index contributed by atoms with van der Waals surface area (Å²) in [7, 11) is 2.10. The first-order valence-corrected chi connectivity index (χ1v) is 6.89. The summed E-state index contributed by atoms with van der Waals surface area (Å²) in [6.45, 7) is 4.08. The minimum Gasteiger partial charge on any atom is -0.508 e. The second kappa shape index (κ2) is 6.41. The zero-order valence-electron chi connectivity index (χ0n) is 10.8. The molecule has 2 N–H and O–H groups in total. The second-order valence-corrected chi connectivity index (χ2v) is 5.60. The summed E-state index contributed by atoms with van der Waals surface area (Å²) in [5.41, 5.74) is 0.902. The lowest BCUT2D eigenvalue weighted by molar-refractivity contribution is 0.232. The normalized spacial score (nSPS) is 17.3. The molecule has 1 fully saturated rings. The molecule has 1 aliphatic rings. The monoisotopic (exact) mass is 268 g/mol. The van der Waals surface area contributed by atoms with Gasteiger partial charge in [-0.1, -0.05) is 11.6 Å². The maximum Gasteiger partial charge on any atom is 0.120 e. The Bertz CT molecular complexity index is 391. The minimum atomic E-state index is 0.330. The predicted octanol–water partition coefficient (Wildman–Crippen LogP) is 2.48. The van der Waals surface area contributed by atoms with E-state index in [1.807, 2.05) is 6.07 Å². The number of aromatic hydroxyl groups is 1. The Morgan fingerprint density at radius 2 is 2.11 bits per heavy atom. The van der Waals surface area contributed by atoms with Gasteiger partial charge in [0.15, 0.2) is 0 Å². The van der Waals surface area contributed by atoms with Crippen molar-refractivity contribution >= 4 is 11.6 Å². The number of nitrogens with zero attached hydrogens (tertiary/aromatic N) is 1. The molecule has 0 spiro atoms. The van der Waals surface area contributed by atoms with E-state index < -0.39 is 0 Å². The van der Waals surface area contributed by atoms with Gasteiger partial charge in [-0.15, -0.1) is 0 Å². The molecule has 18 heavy (non-hydrogen) atoms. The van der Waals surface area contributed by atoms with Crippen molar-refractivity contribution < 1.29 is 5.11 Å².